The highest BCUT2D eigenvalue weighted by Crippen LogP contribution is 2.24. The summed E-state index contributed by atoms with van der Waals surface area (Å²) in [6.07, 6.45) is 1.25. The first-order valence-corrected chi connectivity index (χ1v) is 4.83. The Balaban J connectivity index is 0.000000424. The summed E-state index contributed by atoms with van der Waals surface area (Å²) < 4.78 is 4.97. The van der Waals surface area contributed by atoms with Gasteiger partial charge in [0, 0.05) is 0 Å². The van der Waals surface area contributed by atoms with E-state index in [9.17, 15) is 0 Å². The minimum Gasteiger partial charge on any atom is -0.495 e. The summed E-state index contributed by atoms with van der Waals surface area (Å²) in [7, 11) is 1.61. The normalized spacial score (nSPS) is 8.69. The van der Waals surface area contributed by atoms with Crippen LogP contribution in [0.4, 0.5) is 0 Å². The fraction of sp³-hybridized carbons (Fsp3) is 0.455. The molecule has 0 saturated heterocycles. The molecule has 0 N–H and O–H groups in total. The third kappa shape index (κ3) is 4.79. The standard InChI is InChI=1S/C8H9ClO.C3H8/c1-6-3-4-8(10-2)7(9)5-6;1-3-2/h3-5H,1-2H3;3H2,1-2H3. The van der Waals surface area contributed by atoms with Gasteiger partial charge in [-0.25, -0.2) is 0 Å². The average Bonchev–Trinajstić information content (AvgIpc) is 2.06. The molecule has 0 aliphatic heterocycles. The Morgan fingerprint density at radius 2 is 1.85 bits per heavy atom. The minimum atomic E-state index is 0.669. The molecule has 1 nitrogen and oxygen atoms in total. The zero-order chi connectivity index (χ0) is 10.3. The van der Waals surface area contributed by atoms with E-state index in [4.69, 9.17) is 16.3 Å². The number of methoxy groups -OCH3 is 1. The molecule has 1 aromatic carbocycles. The van der Waals surface area contributed by atoms with E-state index in [1.165, 1.54) is 6.42 Å². The molecule has 0 radical (unpaired) electrons. The smallest absolute Gasteiger partial charge is 0.137 e. The minimum absolute atomic E-state index is 0.669. The van der Waals surface area contributed by atoms with Gasteiger partial charge in [0.05, 0.1) is 12.1 Å². The second kappa shape index (κ2) is 6.79. The third-order valence-corrected chi connectivity index (χ3v) is 1.60. The van der Waals surface area contributed by atoms with Crippen LogP contribution in [0.2, 0.25) is 5.02 Å². The lowest BCUT2D eigenvalue weighted by Crippen LogP contribution is -1.83. The van der Waals surface area contributed by atoms with Gasteiger partial charge in [-0.1, -0.05) is 37.9 Å². The third-order valence-electron chi connectivity index (χ3n) is 1.31. The van der Waals surface area contributed by atoms with Crippen LogP contribution in [0.15, 0.2) is 18.2 Å². The van der Waals surface area contributed by atoms with Crippen molar-refractivity contribution in [1.82, 2.24) is 0 Å². The molecule has 0 bridgehead atoms. The molecule has 0 atom stereocenters. The molecule has 13 heavy (non-hydrogen) atoms. The zero-order valence-electron chi connectivity index (χ0n) is 8.73. The fourth-order valence-corrected chi connectivity index (χ4v) is 1.08. The Morgan fingerprint density at radius 1 is 1.31 bits per heavy atom. The maximum Gasteiger partial charge on any atom is 0.137 e. The van der Waals surface area contributed by atoms with Crippen LogP contribution < -0.4 is 4.74 Å². The molecule has 74 valence electrons. The number of aryl methyl sites for hydroxylation is 1. The fourth-order valence-electron chi connectivity index (χ4n) is 0.771. The molecule has 0 aliphatic rings. The van der Waals surface area contributed by atoms with Crippen LogP contribution in [0, 0.1) is 6.92 Å². The maximum atomic E-state index is 5.80. The Labute approximate surface area is 85.7 Å². The van der Waals surface area contributed by atoms with E-state index >= 15 is 0 Å². The molecule has 0 spiro atoms. The molecule has 0 heterocycles. The van der Waals surface area contributed by atoms with Crippen LogP contribution in [0.5, 0.6) is 5.75 Å². The van der Waals surface area contributed by atoms with E-state index < -0.39 is 0 Å². The summed E-state index contributed by atoms with van der Waals surface area (Å²) in [4.78, 5) is 0. The van der Waals surface area contributed by atoms with Gasteiger partial charge in [0.1, 0.15) is 5.75 Å². The second-order valence-corrected chi connectivity index (χ2v) is 3.25. The Kier molecular flexibility index (Phi) is 6.43. The first-order valence-electron chi connectivity index (χ1n) is 4.45. The summed E-state index contributed by atoms with van der Waals surface area (Å²) in [5, 5.41) is 0.669. The molecule has 0 saturated carbocycles. The highest BCUT2D eigenvalue weighted by atomic mass is 35.5. The lowest BCUT2D eigenvalue weighted by atomic mass is 10.2. The average molecular weight is 201 g/mol. The largest absolute Gasteiger partial charge is 0.495 e. The van der Waals surface area contributed by atoms with Gasteiger partial charge in [0.15, 0.2) is 0 Å². The van der Waals surface area contributed by atoms with E-state index in [1.807, 2.05) is 25.1 Å². The maximum absolute atomic E-state index is 5.80. The number of hydrogen-bond acceptors (Lipinski definition) is 1. The molecule has 0 amide bonds. The van der Waals surface area contributed by atoms with Crippen molar-refractivity contribution in [2.24, 2.45) is 0 Å². The molecule has 0 fully saturated rings. The summed E-state index contributed by atoms with van der Waals surface area (Å²) >= 11 is 5.80. The van der Waals surface area contributed by atoms with Crippen molar-refractivity contribution in [3.05, 3.63) is 28.8 Å². The SMILES string of the molecule is CCC.COc1ccc(C)cc1Cl. The van der Waals surface area contributed by atoms with Gasteiger partial charge >= 0.3 is 0 Å². The summed E-state index contributed by atoms with van der Waals surface area (Å²) in [6.45, 7) is 6.24. The highest BCUT2D eigenvalue weighted by Gasteiger charge is 1.97. The van der Waals surface area contributed by atoms with Crippen molar-refractivity contribution >= 4 is 11.6 Å². The molecule has 0 aliphatic carbocycles. The van der Waals surface area contributed by atoms with Crippen LogP contribution in [-0.2, 0) is 0 Å². The highest BCUT2D eigenvalue weighted by molar-refractivity contribution is 6.32. The first kappa shape index (κ1) is 12.3. The van der Waals surface area contributed by atoms with Crippen molar-refractivity contribution in [2.75, 3.05) is 7.11 Å². The van der Waals surface area contributed by atoms with Gasteiger partial charge < -0.3 is 4.74 Å². The van der Waals surface area contributed by atoms with Crippen LogP contribution in [0.25, 0.3) is 0 Å². The van der Waals surface area contributed by atoms with Gasteiger partial charge in [0.25, 0.3) is 0 Å². The molecule has 0 aromatic heterocycles. The molecule has 1 aromatic rings. The van der Waals surface area contributed by atoms with Crippen molar-refractivity contribution in [3.63, 3.8) is 0 Å². The van der Waals surface area contributed by atoms with Gasteiger partial charge in [-0.2, -0.15) is 0 Å². The first-order chi connectivity index (χ1) is 6.15. The van der Waals surface area contributed by atoms with Gasteiger partial charge in [0.2, 0.25) is 0 Å². The van der Waals surface area contributed by atoms with Crippen molar-refractivity contribution in [3.8, 4) is 5.75 Å². The molecule has 1 rings (SSSR count). The van der Waals surface area contributed by atoms with Gasteiger partial charge in [-0.05, 0) is 24.6 Å². The predicted octanol–water partition coefficient (Wildman–Crippen LogP) is 4.07. The Morgan fingerprint density at radius 3 is 2.23 bits per heavy atom. The summed E-state index contributed by atoms with van der Waals surface area (Å²) in [5.41, 5.74) is 1.14. The van der Waals surface area contributed by atoms with Crippen molar-refractivity contribution in [2.45, 2.75) is 27.2 Å². The van der Waals surface area contributed by atoms with E-state index in [-0.39, 0.29) is 0 Å². The van der Waals surface area contributed by atoms with Crippen molar-refractivity contribution in [1.29, 1.82) is 0 Å². The zero-order valence-corrected chi connectivity index (χ0v) is 9.48. The molecular formula is C11H17ClO. The topological polar surface area (TPSA) is 9.23 Å². The monoisotopic (exact) mass is 200 g/mol. The molecule has 2 heteroatoms. The number of hydrogen-bond donors (Lipinski definition) is 0. The number of halogens is 1. The van der Waals surface area contributed by atoms with Crippen LogP contribution in [0.3, 0.4) is 0 Å². The van der Waals surface area contributed by atoms with Crippen LogP contribution in [0.1, 0.15) is 25.8 Å². The van der Waals surface area contributed by atoms with E-state index in [0.29, 0.717) is 5.02 Å². The number of rotatable bonds is 1. The second-order valence-electron chi connectivity index (χ2n) is 2.85. The predicted molar refractivity (Wildman–Crippen MR) is 58.7 cm³/mol. The number of ether oxygens (including phenoxy) is 1. The Hall–Kier alpha value is -0.690. The lowest BCUT2D eigenvalue weighted by molar-refractivity contribution is 0.415. The van der Waals surface area contributed by atoms with Gasteiger partial charge in [-0.15, -0.1) is 0 Å². The van der Waals surface area contributed by atoms with Crippen molar-refractivity contribution < 1.29 is 4.74 Å². The van der Waals surface area contributed by atoms with E-state index in [1.54, 1.807) is 7.11 Å². The summed E-state index contributed by atoms with van der Waals surface area (Å²) in [5.74, 6) is 0.729. The van der Waals surface area contributed by atoms with Gasteiger partial charge in [-0.3, -0.25) is 0 Å². The van der Waals surface area contributed by atoms with E-state index in [2.05, 4.69) is 13.8 Å². The quantitative estimate of drug-likeness (QED) is 0.664. The summed E-state index contributed by atoms with van der Waals surface area (Å²) in [6, 6.07) is 5.70. The Bertz CT molecular complexity index is 246. The van der Waals surface area contributed by atoms with Crippen LogP contribution >= 0.6 is 11.6 Å². The number of benzene rings is 1. The van der Waals surface area contributed by atoms with Crippen LogP contribution in [-0.4, -0.2) is 7.11 Å². The van der Waals surface area contributed by atoms with E-state index in [0.717, 1.165) is 11.3 Å². The molecular weight excluding hydrogens is 184 g/mol. The molecule has 0 unspecified atom stereocenters. The lowest BCUT2D eigenvalue weighted by Gasteiger charge is -2.01.